The molecule has 148 valence electrons. The number of aliphatic hydroxyl groups excluding tert-OH is 1. The normalized spacial score (nSPS) is 35.6. The fraction of sp³-hybridized carbons (Fsp3) is 0.950. The summed E-state index contributed by atoms with van der Waals surface area (Å²) in [6.45, 7) is 3.31. The number of hydrogen-bond donors (Lipinski definition) is 2. The number of morpholine rings is 1. The number of hydrogen-bond acceptors (Lipinski definition) is 6. The molecule has 0 aromatic carbocycles. The van der Waals surface area contributed by atoms with E-state index in [1.165, 1.54) is 12.8 Å². The van der Waals surface area contributed by atoms with Crippen molar-refractivity contribution >= 4 is 5.97 Å². The molecule has 3 aliphatic heterocycles. The van der Waals surface area contributed by atoms with Gasteiger partial charge in [-0.05, 0) is 57.8 Å². The summed E-state index contributed by atoms with van der Waals surface area (Å²) in [5.41, 5.74) is -0.223. The fourth-order valence-corrected chi connectivity index (χ4v) is 4.98. The van der Waals surface area contributed by atoms with Crippen molar-refractivity contribution in [3.05, 3.63) is 0 Å². The van der Waals surface area contributed by atoms with E-state index in [0.29, 0.717) is 24.7 Å². The predicted molar refractivity (Wildman–Crippen MR) is 97.8 cm³/mol. The quantitative estimate of drug-likeness (QED) is 0.475. The Labute approximate surface area is 156 Å². The first kappa shape index (κ1) is 18.7. The summed E-state index contributed by atoms with van der Waals surface area (Å²) >= 11 is 0. The van der Waals surface area contributed by atoms with Crippen LogP contribution >= 0.6 is 0 Å². The topological polar surface area (TPSA) is 71.0 Å². The summed E-state index contributed by atoms with van der Waals surface area (Å²) < 4.78 is 11.3. The third kappa shape index (κ3) is 4.08. The second kappa shape index (κ2) is 8.13. The Hall–Kier alpha value is -0.690. The van der Waals surface area contributed by atoms with Crippen molar-refractivity contribution < 1.29 is 19.4 Å². The van der Waals surface area contributed by atoms with Gasteiger partial charge in [-0.2, -0.15) is 0 Å². The molecule has 0 radical (unpaired) electrons. The highest BCUT2D eigenvalue weighted by atomic mass is 16.5. The lowest BCUT2D eigenvalue weighted by atomic mass is 10.1. The Morgan fingerprint density at radius 3 is 2.50 bits per heavy atom. The number of nitrogens with one attached hydrogen (secondary N) is 1. The number of aliphatic hydroxyl groups is 1. The van der Waals surface area contributed by atoms with E-state index >= 15 is 0 Å². The molecule has 6 nitrogen and oxygen atoms in total. The van der Waals surface area contributed by atoms with Crippen molar-refractivity contribution in [2.75, 3.05) is 33.0 Å². The lowest BCUT2D eigenvalue weighted by Crippen LogP contribution is -2.49. The van der Waals surface area contributed by atoms with Gasteiger partial charge in [0.25, 0.3) is 0 Å². The lowest BCUT2D eigenvalue weighted by Gasteiger charge is -2.36. The minimum atomic E-state index is -0.223. The molecule has 0 amide bonds. The van der Waals surface area contributed by atoms with Crippen LogP contribution in [0.15, 0.2) is 0 Å². The number of rotatable bonds is 9. The summed E-state index contributed by atoms with van der Waals surface area (Å²) in [6, 6.07) is 1.83. The molecular weight excluding hydrogens is 332 g/mol. The Bertz CT molecular complexity index is 480. The molecule has 2 N–H and O–H groups in total. The molecule has 6 heteroatoms. The molecule has 4 atom stereocenters. The molecule has 2 bridgehead atoms. The predicted octanol–water partition coefficient (Wildman–Crippen LogP) is 1.46. The SMILES string of the molecule is O=C(OCCCCC1CCC(CO)N1)C1(CN2C3CCC2COC3)CC1. The van der Waals surface area contributed by atoms with E-state index in [4.69, 9.17) is 14.6 Å². The van der Waals surface area contributed by atoms with Crippen LogP contribution in [0, 0.1) is 5.41 Å². The molecule has 3 heterocycles. The monoisotopic (exact) mass is 366 g/mol. The Morgan fingerprint density at radius 1 is 1.12 bits per heavy atom. The minimum absolute atomic E-state index is 0.0303. The standard InChI is InChI=1S/C20H34N2O4/c23-11-16-5-4-15(21-16)3-1-2-10-26-19(24)20(8-9-20)14-22-17-6-7-18(22)13-25-12-17/h15-18,21,23H,1-14H2. The lowest BCUT2D eigenvalue weighted by molar-refractivity contribution is -0.152. The van der Waals surface area contributed by atoms with Gasteiger partial charge in [-0.3, -0.25) is 9.69 Å². The van der Waals surface area contributed by atoms with Crippen LogP contribution in [0.5, 0.6) is 0 Å². The van der Waals surface area contributed by atoms with Crippen molar-refractivity contribution in [1.29, 1.82) is 0 Å². The van der Waals surface area contributed by atoms with Gasteiger partial charge >= 0.3 is 5.97 Å². The second-order valence-electron chi connectivity index (χ2n) is 8.83. The first-order chi connectivity index (χ1) is 12.7. The zero-order valence-corrected chi connectivity index (χ0v) is 15.8. The zero-order chi connectivity index (χ0) is 18.0. The van der Waals surface area contributed by atoms with Crippen LogP contribution < -0.4 is 5.32 Å². The summed E-state index contributed by atoms with van der Waals surface area (Å²) in [6.07, 6.45) is 9.73. The van der Waals surface area contributed by atoms with Crippen molar-refractivity contribution in [1.82, 2.24) is 10.2 Å². The van der Waals surface area contributed by atoms with Crippen LogP contribution in [0.25, 0.3) is 0 Å². The fourth-order valence-electron chi connectivity index (χ4n) is 4.98. The van der Waals surface area contributed by atoms with Gasteiger partial charge in [0.2, 0.25) is 0 Å². The molecule has 26 heavy (non-hydrogen) atoms. The van der Waals surface area contributed by atoms with Crippen LogP contribution in [-0.4, -0.2) is 73.1 Å². The third-order valence-electron chi connectivity index (χ3n) is 6.90. The highest BCUT2D eigenvalue weighted by Gasteiger charge is 2.54. The number of unbranched alkanes of at least 4 members (excludes halogenated alkanes) is 1. The highest BCUT2D eigenvalue weighted by Crippen LogP contribution is 2.49. The molecule has 0 aromatic heterocycles. The smallest absolute Gasteiger partial charge is 0.313 e. The van der Waals surface area contributed by atoms with E-state index < -0.39 is 0 Å². The maximum atomic E-state index is 12.6. The van der Waals surface area contributed by atoms with Gasteiger partial charge in [0.1, 0.15) is 0 Å². The first-order valence-corrected chi connectivity index (χ1v) is 10.6. The number of carbonyl (C=O) groups excluding carboxylic acids is 1. The third-order valence-corrected chi connectivity index (χ3v) is 6.90. The largest absolute Gasteiger partial charge is 0.465 e. The second-order valence-corrected chi connectivity index (χ2v) is 8.83. The van der Waals surface area contributed by atoms with E-state index in [2.05, 4.69) is 10.2 Å². The van der Waals surface area contributed by atoms with E-state index in [0.717, 1.165) is 64.7 Å². The number of carbonyl (C=O) groups is 1. The minimum Gasteiger partial charge on any atom is -0.465 e. The van der Waals surface area contributed by atoms with Crippen LogP contribution in [0.1, 0.15) is 57.8 Å². The van der Waals surface area contributed by atoms with Gasteiger partial charge in [-0.15, -0.1) is 0 Å². The van der Waals surface area contributed by atoms with Gasteiger partial charge < -0.3 is 19.9 Å². The average Bonchev–Trinajstić information content (AvgIpc) is 3.24. The van der Waals surface area contributed by atoms with E-state index in [-0.39, 0.29) is 24.0 Å². The summed E-state index contributed by atoms with van der Waals surface area (Å²) in [5, 5.41) is 12.6. The van der Waals surface area contributed by atoms with E-state index in [1.54, 1.807) is 0 Å². The highest BCUT2D eigenvalue weighted by molar-refractivity contribution is 5.80. The van der Waals surface area contributed by atoms with Crippen LogP contribution in [0.4, 0.5) is 0 Å². The van der Waals surface area contributed by atoms with Crippen molar-refractivity contribution in [3.63, 3.8) is 0 Å². The molecule has 4 unspecified atom stereocenters. The molecule has 4 aliphatic rings. The van der Waals surface area contributed by atoms with Crippen molar-refractivity contribution in [3.8, 4) is 0 Å². The molecular formula is C20H34N2O4. The van der Waals surface area contributed by atoms with Gasteiger partial charge in [0, 0.05) is 30.7 Å². The molecule has 1 aliphatic carbocycles. The van der Waals surface area contributed by atoms with E-state index in [1.807, 2.05) is 0 Å². The number of ether oxygens (including phenoxy) is 2. The zero-order valence-electron chi connectivity index (χ0n) is 15.8. The Balaban J connectivity index is 1.14. The van der Waals surface area contributed by atoms with Crippen molar-refractivity contribution in [2.24, 2.45) is 5.41 Å². The molecule has 4 fully saturated rings. The van der Waals surface area contributed by atoms with Gasteiger partial charge in [-0.25, -0.2) is 0 Å². The Morgan fingerprint density at radius 2 is 1.85 bits per heavy atom. The molecule has 0 aromatic rings. The maximum absolute atomic E-state index is 12.6. The molecule has 1 saturated carbocycles. The Kier molecular flexibility index (Phi) is 5.84. The average molecular weight is 367 g/mol. The van der Waals surface area contributed by atoms with Crippen molar-refractivity contribution in [2.45, 2.75) is 82.0 Å². The summed E-state index contributed by atoms with van der Waals surface area (Å²) in [4.78, 5) is 15.1. The van der Waals surface area contributed by atoms with Gasteiger partial charge in [0.15, 0.2) is 0 Å². The molecule has 0 spiro atoms. The summed E-state index contributed by atoms with van der Waals surface area (Å²) in [7, 11) is 0. The number of nitrogens with zero attached hydrogens (tertiary/aromatic N) is 1. The van der Waals surface area contributed by atoms with E-state index in [9.17, 15) is 4.79 Å². The summed E-state index contributed by atoms with van der Waals surface area (Å²) in [5.74, 6) is 0.0303. The van der Waals surface area contributed by atoms with Gasteiger partial charge in [0.05, 0.1) is 31.8 Å². The number of fused-ring (bicyclic) bond motifs is 2. The maximum Gasteiger partial charge on any atom is 0.313 e. The van der Waals surface area contributed by atoms with Crippen LogP contribution in [0.3, 0.4) is 0 Å². The first-order valence-electron chi connectivity index (χ1n) is 10.6. The van der Waals surface area contributed by atoms with Gasteiger partial charge in [-0.1, -0.05) is 0 Å². The molecule has 3 saturated heterocycles. The van der Waals surface area contributed by atoms with Crippen LogP contribution in [0.2, 0.25) is 0 Å². The van der Waals surface area contributed by atoms with Crippen LogP contribution in [-0.2, 0) is 14.3 Å². The number of esters is 1. The molecule has 4 rings (SSSR count).